The first kappa shape index (κ1) is 14.4. The van der Waals surface area contributed by atoms with Crippen LogP contribution in [0.4, 0.5) is 0 Å². The number of aromatic nitrogens is 1. The minimum Gasteiger partial charge on any atom is -0.342 e. The number of rotatable bonds is 4. The van der Waals surface area contributed by atoms with Crippen LogP contribution in [0.5, 0.6) is 0 Å². The van der Waals surface area contributed by atoms with Crippen LogP contribution in [0.25, 0.3) is 0 Å². The maximum absolute atomic E-state index is 11.9. The zero-order chi connectivity index (χ0) is 13.0. The molecule has 0 N–H and O–H groups in total. The average molecular weight is 366 g/mol. The van der Waals surface area contributed by atoms with Crippen LogP contribution in [-0.4, -0.2) is 28.5 Å². The van der Waals surface area contributed by atoms with E-state index in [0.29, 0.717) is 17.6 Å². The van der Waals surface area contributed by atoms with Gasteiger partial charge in [-0.05, 0) is 51.8 Å². The highest BCUT2D eigenvalue weighted by atomic mass is 79.9. The molecular formula is C11H14Br2N2O2. The molecule has 1 amide bonds. The minimum absolute atomic E-state index is 0.0536. The predicted octanol–water partition coefficient (Wildman–Crippen LogP) is 2.24. The van der Waals surface area contributed by atoms with E-state index in [2.05, 4.69) is 31.9 Å². The van der Waals surface area contributed by atoms with E-state index >= 15 is 0 Å². The first-order valence-corrected chi connectivity index (χ1v) is 6.91. The third kappa shape index (κ3) is 3.67. The molecule has 1 heterocycles. The second-order valence-electron chi connectivity index (χ2n) is 3.51. The van der Waals surface area contributed by atoms with Gasteiger partial charge in [0.25, 0.3) is 5.56 Å². The number of hydrogen-bond donors (Lipinski definition) is 0. The molecule has 0 aliphatic heterocycles. The van der Waals surface area contributed by atoms with Gasteiger partial charge in [-0.25, -0.2) is 0 Å². The van der Waals surface area contributed by atoms with Crippen LogP contribution in [0.1, 0.15) is 13.8 Å². The van der Waals surface area contributed by atoms with Crippen LogP contribution in [0.2, 0.25) is 0 Å². The number of likely N-dealkylation sites (N-methyl/N-ethyl adjacent to an activating group) is 1. The van der Waals surface area contributed by atoms with Gasteiger partial charge in [-0.3, -0.25) is 9.59 Å². The van der Waals surface area contributed by atoms with Crippen molar-refractivity contribution < 1.29 is 4.79 Å². The van der Waals surface area contributed by atoms with Crippen LogP contribution in [0.15, 0.2) is 26.0 Å². The molecule has 1 aromatic heterocycles. The fourth-order valence-corrected chi connectivity index (χ4v) is 2.76. The molecule has 0 unspecified atom stereocenters. The third-order valence-corrected chi connectivity index (χ3v) is 3.43. The van der Waals surface area contributed by atoms with Gasteiger partial charge in [-0.1, -0.05) is 0 Å². The number of amides is 1. The molecule has 0 bridgehead atoms. The van der Waals surface area contributed by atoms with Crippen molar-refractivity contribution in [1.82, 2.24) is 9.47 Å². The van der Waals surface area contributed by atoms with E-state index in [9.17, 15) is 9.59 Å². The van der Waals surface area contributed by atoms with Crippen LogP contribution >= 0.6 is 31.9 Å². The summed E-state index contributed by atoms with van der Waals surface area (Å²) in [6, 6.07) is 1.67. The van der Waals surface area contributed by atoms with E-state index in [1.807, 2.05) is 13.8 Å². The van der Waals surface area contributed by atoms with Gasteiger partial charge in [0.1, 0.15) is 6.54 Å². The lowest BCUT2D eigenvalue weighted by atomic mass is 10.4. The van der Waals surface area contributed by atoms with Gasteiger partial charge in [-0.15, -0.1) is 0 Å². The lowest BCUT2D eigenvalue weighted by molar-refractivity contribution is -0.131. The summed E-state index contributed by atoms with van der Waals surface area (Å²) in [7, 11) is 0. The van der Waals surface area contributed by atoms with Gasteiger partial charge in [0.05, 0.1) is 4.47 Å². The van der Waals surface area contributed by atoms with Gasteiger partial charge >= 0.3 is 0 Å². The Bertz CT molecular complexity index is 467. The lowest BCUT2D eigenvalue weighted by Crippen LogP contribution is -2.36. The highest BCUT2D eigenvalue weighted by Gasteiger charge is 2.12. The molecule has 0 atom stereocenters. The van der Waals surface area contributed by atoms with E-state index in [0.717, 1.165) is 4.47 Å². The predicted molar refractivity (Wildman–Crippen MR) is 74.0 cm³/mol. The van der Waals surface area contributed by atoms with Crippen LogP contribution in [0.3, 0.4) is 0 Å². The fraction of sp³-hybridized carbons (Fsp3) is 0.455. The molecule has 0 saturated carbocycles. The van der Waals surface area contributed by atoms with E-state index < -0.39 is 0 Å². The summed E-state index contributed by atoms with van der Waals surface area (Å²) < 4.78 is 2.60. The molecule has 1 aromatic rings. The molecule has 4 nitrogen and oxygen atoms in total. The number of carbonyl (C=O) groups is 1. The standard InChI is InChI=1S/C11H14Br2N2O2/c1-3-14(4-2)10(16)7-15-6-8(12)5-9(13)11(15)17/h5-6H,3-4,7H2,1-2H3. The number of hydrogen-bond acceptors (Lipinski definition) is 2. The summed E-state index contributed by atoms with van der Waals surface area (Å²) in [5, 5.41) is 0. The van der Waals surface area contributed by atoms with Crippen LogP contribution < -0.4 is 5.56 Å². The number of pyridine rings is 1. The summed E-state index contributed by atoms with van der Waals surface area (Å²) in [6.45, 7) is 5.21. The lowest BCUT2D eigenvalue weighted by Gasteiger charge is -2.19. The van der Waals surface area contributed by atoms with Crippen molar-refractivity contribution in [2.75, 3.05) is 13.1 Å². The maximum Gasteiger partial charge on any atom is 0.265 e. The first-order chi connectivity index (χ1) is 7.99. The highest BCUT2D eigenvalue weighted by Crippen LogP contribution is 2.12. The molecule has 1 rings (SSSR count). The minimum atomic E-state index is -0.200. The number of nitrogens with zero attached hydrogens (tertiary/aromatic N) is 2. The van der Waals surface area contributed by atoms with Crippen molar-refractivity contribution in [3.63, 3.8) is 0 Å². The van der Waals surface area contributed by atoms with Crippen molar-refractivity contribution in [1.29, 1.82) is 0 Å². The van der Waals surface area contributed by atoms with Crippen molar-refractivity contribution >= 4 is 37.8 Å². The van der Waals surface area contributed by atoms with Crippen LogP contribution in [-0.2, 0) is 11.3 Å². The van der Waals surface area contributed by atoms with Crippen molar-refractivity contribution in [3.8, 4) is 0 Å². The largest absolute Gasteiger partial charge is 0.342 e. The molecule has 6 heteroatoms. The van der Waals surface area contributed by atoms with Gasteiger partial charge in [0.15, 0.2) is 0 Å². The van der Waals surface area contributed by atoms with Gasteiger partial charge in [0.2, 0.25) is 5.91 Å². The SMILES string of the molecule is CCN(CC)C(=O)Cn1cc(Br)cc(Br)c1=O. The highest BCUT2D eigenvalue weighted by molar-refractivity contribution is 9.11. The normalized spacial score (nSPS) is 10.4. The Balaban J connectivity index is 2.96. The van der Waals surface area contributed by atoms with Gasteiger partial charge in [0, 0.05) is 23.8 Å². The van der Waals surface area contributed by atoms with Gasteiger partial charge in [-0.2, -0.15) is 0 Å². The van der Waals surface area contributed by atoms with Crippen molar-refractivity contribution in [3.05, 3.63) is 31.6 Å². The van der Waals surface area contributed by atoms with Gasteiger partial charge < -0.3 is 9.47 Å². The molecule has 0 radical (unpaired) electrons. The van der Waals surface area contributed by atoms with E-state index in [4.69, 9.17) is 0 Å². The molecule has 0 spiro atoms. The Morgan fingerprint density at radius 3 is 2.47 bits per heavy atom. The molecule has 0 aliphatic carbocycles. The van der Waals surface area contributed by atoms with Crippen molar-refractivity contribution in [2.45, 2.75) is 20.4 Å². The van der Waals surface area contributed by atoms with E-state index in [1.165, 1.54) is 4.57 Å². The summed E-state index contributed by atoms with van der Waals surface area (Å²) in [5.41, 5.74) is -0.200. The first-order valence-electron chi connectivity index (χ1n) is 5.32. The average Bonchev–Trinajstić information content (AvgIpc) is 2.27. The Morgan fingerprint density at radius 2 is 1.94 bits per heavy atom. The summed E-state index contributed by atoms with van der Waals surface area (Å²) in [5.74, 6) is -0.0536. The zero-order valence-corrected chi connectivity index (χ0v) is 12.9. The molecule has 0 aliphatic rings. The fourth-order valence-electron chi connectivity index (χ4n) is 1.50. The Kier molecular flexibility index (Phi) is 5.39. The second kappa shape index (κ2) is 6.35. The van der Waals surface area contributed by atoms with Crippen molar-refractivity contribution in [2.24, 2.45) is 0 Å². The molecular weight excluding hydrogens is 352 g/mol. The molecule has 0 fully saturated rings. The quantitative estimate of drug-likeness (QED) is 0.821. The third-order valence-electron chi connectivity index (χ3n) is 2.43. The summed E-state index contributed by atoms with van der Waals surface area (Å²) >= 11 is 6.46. The summed E-state index contributed by atoms with van der Waals surface area (Å²) in [4.78, 5) is 25.4. The molecule has 17 heavy (non-hydrogen) atoms. The van der Waals surface area contributed by atoms with E-state index in [-0.39, 0.29) is 18.0 Å². The number of halogens is 2. The Hall–Kier alpha value is -0.620. The topological polar surface area (TPSA) is 42.3 Å². The smallest absolute Gasteiger partial charge is 0.265 e. The number of carbonyl (C=O) groups excluding carboxylic acids is 1. The van der Waals surface area contributed by atoms with E-state index in [1.54, 1.807) is 17.2 Å². The summed E-state index contributed by atoms with van der Waals surface area (Å²) in [6.07, 6.45) is 1.62. The van der Waals surface area contributed by atoms with Crippen LogP contribution in [0, 0.1) is 0 Å². The monoisotopic (exact) mass is 364 g/mol. The second-order valence-corrected chi connectivity index (χ2v) is 5.28. The molecule has 94 valence electrons. The molecule has 0 saturated heterocycles. The maximum atomic E-state index is 11.9. The molecule has 0 aromatic carbocycles. The Labute approximate surface area is 117 Å². The zero-order valence-electron chi connectivity index (χ0n) is 9.74. The Morgan fingerprint density at radius 1 is 1.35 bits per heavy atom.